The van der Waals surface area contributed by atoms with Crippen molar-refractivity contribution in [3.05, 3.63) is 29.3 Å². The van der Waals surface area contributed by atoms with Crippen LogP contribution in [-0.2, 0) is 6.18 Å². The van der Waals surface area contributed by atoms with Crippen molar-refractivity contribution < 1.29 is 18.0 Å². The summed E-state index contributed by atoms with van der Waals surface area (Å²) in [6, 6.07) is 3.60. The Morgan fingerprint density at radius 3 is 2.29 bits per heavy atom. The van der Waals surface area contributed by atoms with E-state index in [0.29, 0.717) is 6.54 Å². The maximum Gasteiger partial charge on any atom is 0.418 e. The number of amides is 1. The highest BCUT2D eigenvalue weighted by Crippen LogP contribution is 2.36. The second-order valence-electron chi connectivity index (χ2n) is 4.74. The molecule has 0 fully saturated rings. The largest absolute Gasteiger partial charge is 0.418 e. The van der Waals surface area contributed by atoms with Crippen LogP contribution in [0.1, 0.15) is 49.5 Å². The van der Waals surface area contributed by atoms with Gasteiger partial charge >= 0.3 is 6.18 Å². The van der Waals surface area contributed by atoms with E-state index >= 15 is 0 Å². The zero-order chi connectivity index (χ0) is 16.0. The molecule has 3 nitrogen and oxygen atoms in total. The average molecular weight is 302 g/mol. The number of carbonyl (C=O) groups is 1. The molecule has 6 heteroatoms. The molecular weight excluding hydrogens is 281 g/mol. The minimum atomic E-state index is -4.50. The van der Waals surface area contributed by atoms with E-state index in [-0.39, 0.29) is 17.3 Å². The summed E-state index contributed by atoms with van der Waals surface area (Å²) in [4.78, 5) is 12.2. The Bertz CT molecular complexity index is 482. The first-order valence-corrected chi connectivity index (χ1v) is 7.10. The van der Waals surface area contributed by atoms with Crippen LogP contribution in [0.4, 0.5) is 18.9 Å². The Morgan fingerprint density at radius 1 is 1.19 bits per heavy atom. The summed E-state index contributed by atoms with van der Waals surface area (Å²) in [5, 5.41) is 5.42. The third-order valence-electron chi connectivity index (χ3n) is 3.29. The van der Waals surface area contributed by atoms with Crippen LogP contribution >= 0.6 is 0 Å². The molecule has 21 heavy (non-hydrogen) atoms. The fraction of sp³-hybridized carbons (Fsp3) is 0.533. The summed E-state index contributed by atoms with van der Waals surface area (Å²) in [7, 11) is 0. The highest BCUT2D eigenvalue weighted by atomic mass is 19.4. The van der Waals surface area contributed by atoms with Crippen LogP contribution < -0.4 is 10.6 Å². The van der Waals surface area contributed by atoms with Crippen LogP contribution in [0, 0.1) is 0 Å². The van der Waals surface area contributed by atoms with Gasteiger partial charge in [-0.25, -0.2) is 0 Å². The van der Waals surface area contributed by atoms with Gasteiger partial charge in [-0.15, -0.1) is 0 Å². The lowest BCUT2D eigenvalue weighted by Crippen LogP contribution is -2.34. The quantitative estimate of drug-likeness (QED) is 0.832. The third kappa shape index (κ3) is 4.37. The summed E-state index contributed by atoms with van der Waals surface area (Å²) in [6.45, 7) is 5.84. The van der Waals surface area contributed by atoms with Gasteiger partial charge < -0.3 is 10.6 Å². The van der Waals surface area contributed by atoms with Crippen LogP contribution in [-0.4, -0.2) is 18.5 Å². The number of benzene rings is 1. The number of halogens is 3. The molecule has 0 aliphatic heterocycles. The second kappa shape index (κ2) is 7.33. The van der Waals surface area contributed by atoms with Gasteiger partial charge in [0.15, 0.2) is 0 Å². The summed E-state index contributed by atoms with van der Waals surface area (Å²) >= 11 is 0. The van der Waals surface area contributed by atoms with E-state index in [0.717, 1.165) is 18.9 Å². The predicted molar refractivity (Wildman–Crippen MR) is 77.4 cm³/mol. The van der Waals surface area contributed by atoms with E-state index in [4.69, 9.17) is 0 Å². The molecule has 0 saturated carbocycles. The Morgan fingerprint density at radius 2 is 1.81 bits per heavy atom. The number of nitrogens with one attached hydrogen (secondary N) is 2. The molecule has 0 radical (unpaired) electrons. The van der Waals surface area contributed by atoms with Gasteiger partial charge in [-0.3, -0.25) is 4.79 Å². The molecule has 2 N–H and O–H groups in total. The smallest absolute Gasteiger partial charge is 0.384 e. The van der Waals surface area contributed by atoms with Crippen molar-refractivity contribution in [2.45, 2.75) is 45.8 Å². The van der Waals surface area contributed by atoms with Crippen LogP contribution in [0.25, 0.3) is 0 Å². The van der Waals surface area contributed by atoms with Gasteiger partial charge in [0, 0.05) is 12.6 Å². The van der Waals surface area contributed by atoms with Crippen molar-refractivity contribution in [2.24, 2.45) is 0 Å². The van der Waals surface area contributed by atoms with E-state index in [1.807, 2.05) is 13.8 Å². The molecule has 0 aliphatic carbocycles. The van der Waals surface area contributed by atoms with Gasteiger partial charge in [-0.2, -0.15) is 13.2 Å². The molecule has 0 saturated heterocycles. The first-order chi connectivity index (χ1) is 9.85. The minimum Gasteiger partial charge on any atom is -0.384 e. The van der Waals surface area contributed by atoms with Crippen molar-refractivity contribution in [1.29, 1.82) is 0 Å². The summed E-state index contributed by atoms with van der Waals surface area (Å²) < 4.78 is 39.1. The molecule has 1 rings (SSSR count). The minimum absolute atomic E-state index is 0.0265. The van der Waals surface area contributed by atoms with Gasteiger partial charge in [-0.05, 0) is 31.9 Å². The number of hydrogen-bond acceptors (Lipinski definition) is 2. The van der Waals surface area contributed by atoms with Crippen LogP contribution in [0.5, 0.6) is 0 Å². The number of alkyl halides is 3. The van der Waals surface area contributed by atoms with E-state index in [1.54, 1.807) is 6.92 Å². The monoisotopic (exact) mass is 302 g/mol. The molecular formula is C15H21F3N2O. The fourth-order valence-electron chi connectivity index (χ4n) is 2.10. The van der Waals surface area contributed by atoms with Gasteiger partial charge in [0.05, 0.1) is 16.8 Å². The highest BCUT2D eigenvalue weighted by Gasteiger charge is 2.35. The van der Waals surface area contributed by atoms with Gasteiger partial charge in [0.1, 0.15) is 0 Å². The normalized spacial score (nSPS) is 11.6. The Kier molecular flexibility index (Phi) is 6.05. The lowest BCUT2D eigenvalue weighted by molar-refractivity contribution is -0.137. The molecule has 0 atom stereocenters. The number of hydrogen-bond donors (Lipinski definition) is 2. The lowest BCUT2D eigenvalue weighted by atomic mass is 10.0. The summed E-state index contributed by atoms with van der Waals surface area (Å²) in [6.07, 6.45) is -3.03. The SMILES string of the molecule is CCNc1c(C(=O)NC(CC)CC)cccc1C(F)(F)F. The van der Waals surface area contributed by atoms with E-state index in [1.165, 1.54) is 12.1 Å². The lowest BCUT2D eigenvalue weighted by Gasteiger charge is -2.20. The molecule has 1 aromatic carbocycles. The third-order valence-corrected chi connectivity index (χ3v) is 3.29. The second-order valence-corrected chi connectivity index (χ2v) is 4.74. The van der Waals surface area contributed by atoms with Crippen molar-refractivity contribution in [1.82, 2.24) is 5.32 Å². The van der Waals surface area contributed by atoms with Gasteiger partial charge in [-0.1, -0.05) is 19.9 Å². The highest BCUT2D eigenvalue weighted by molar-refractivity contribution is 6.00. The molecule has 0 spiro atoms. The summed E-state index contributed by atoms with van der Waals surface area (Å²) in [5.41, 5.74) is -0.948. The Hall–Kier alpha value is -1.72. The van der Waals surface area contributed by atoms with Crippen LogP contribution in [0.15, 0.2) is 18.2 Å². The topological polar surface area (TPSA) is 41.1 Å². The molecule has 118 valence electrons. The average Bonchev–Trinajstić information content (AvgIpc) is 2.43. The maximum atomic E-state index is 13.0. The number of rotatable bonds is 6. The van der Waals surface area contributed by atoms with E-state index < -0.39 is 17.6 Å². The van der Waals surface area contributed by atoms with Crippen molar-refractivity contribution in [2.75, 3.05) is 11.9 Å². The zero-order valence-electron chi connectivity index (χ0n) is 12.5. The molecule has 1 amide bonds. The predicted octanol–water partition coefficient (Wildman–Crippen LogP) is 4.06. The molecule has 0 bridgehead atoms. The number of anilines is 1. The van der Waals surface area contributed by atoms with E-state index in [2.05, 4.69) is 10.6 Å². The summed E-state index contributed by atoms with van der Waals surface area (Å²) in [5.74, 6) is -0.481. The Balaban J connectivity index is 3.20. The fourth-order valence-corrected chi connectivity index (χ4v) is 2.10. The van der Waals surface area contributed by atoms with Gasteiger partial charge in [0.25, 0.3) is 5.91 Å². The van der Waals surface area contributed by atoms with E-state index in [9.17, 15) is 18.0 Å². The zero-order valence-corrected chi connectivity index (χ0v) is 12.5. The number of para-hydroxylation sites is 1. The van der Waals surface area contributed by atoms with Gasteiger partial charge in [0.2, 0.25) is 0 Å². The first-order valence-electron chi connectivity index (χ1n) is 7.10. The van der Waals surface area contributed by atoms with Crippen LogP contribution in [0.2, 0.25) is 0 Å². The molecule has 0 aromatic heterocycles. The maximum absolute atomic E-state index is 13.0. The molecule has 0 aliphatic rings. The molecule has 0 unspecified atom stereocenters. The van der Waals surface area contributed by atoms with Crippen molar-refractivity contribution in [3.63, 3.8) is 0 Å². The van der Waals surface area contributed by atoms with Crippen molar-refractivity contribution >= 4 is 11.6 Å². The Labute approximate surface area is 122 Å². The molecule has 0 heterocycles. The number of carbonyl (C=O) groups excluding carboxylic acids is 1. The molecule has 1 aromatic rings. The van der Waals surface area contributed by atoms with Crippen molar-refractivity contribution in [3.8, 4) is 0 Å². The first kappa shape index (κ1) is 17.3. The van der Waals surface area contributed by atoms with Crippen LogP contribution in [0.3, 0.4) is 0 Å². The standard InChI is InChI=1S/C15H21F3N2O/c1-4-10(5-2)20-14(21)11-8-7-9-12(15(16,17)18)13(11)19-6-3/h7-10,19H,4-6H2,1-3H3,(H,20,21).